The first-order valence-corrected chi connectivity index (χ1v) is 38.4. The molecule has 0 aliphatic rings. The van der Waals surface area contributed by atoms with E-state index in [1.165, 1.54) is 0 Å². The van der Waals surface area contributed by atoms with Crippen LogP contribution in [0.4, 0.5) is 5.69 Å². The Morgan fingerprint density at radius 1 is 0.328 bits per heavy atom. The Labute approximate surface area is 677 Å². The van der Waals surface area contributed by atoms with Crippen LogP contribution in [-0.4, -0.2) is 110 Å². The molecule has 8 N–H and O–H groups in total. The molecule has 0 aliphatic carbocycles. The van der Waals surface area contributed by atoms with Gasteiger partial charge in [-0.25, -0.2) is 0 Å². The third-order valence-corrected chi connectivity index (χ3v) is 18.3. The number of nitrogens with one attached hydrogen (secondary N) is 8. The fraction of sp³-hybridized carbons (Fsp3) is 0.153. The van der Waals surface area contributed by atoms with Gasteiger partial charge in [0.05, 0.1) is 30.5 Å². The van der Waals surface area contributed by atoms with Crippen molar-refractivity contribution in [3.63, 3.8) is 0 Å². The maximum atomic E-state index is 12.7. The summed E-state index contributed by atoms with van der Waals surface area (Å²) in [5.74, 6) is 25.3. The van der Waals surface area contributed by atoms with Gasteiger partial charge in [-0.1, -0.05) is 175 Å². The minimum atomic E-state index is -0.104. The number of anilines is 1. The van der Waals surface area contributed by atoms with Crippen molar-refractivity contribution in [2.24, 2.45) is 0 Å². The van der Waals surface area contributed by atoms with Crippen molar-refractivity contribution >= 4 is 29.3 Å². The smallest absolute Gasteiger partial charge is 0.251 e. The second kappa shape index (κ2) is 44.7. The van der Waals surface area contributed by atoms with Crippen LogP contribution in [0.3, 0.4) is 0 Å². The van der Waals surface area contributed by atoms with E-state index in [1.54, 1.807) is 31.0 Å². The number of rotatable bonds is 23. The zero-order valence-corrected chi connectivity index (χ0v) is 65.1. The lowest BCUT2D eigenvalue weighted by Gasteiger charge is -2.15. The molecule has 5 heterocycles. The number of hydrogen-bond acceptors (Lipinski definition) is 10. The van der Waals surface area contributed by atoms with Crippen molar-refractivity contribution in [1.29, 1.82) is 0 Å². The molecule has 0 saturated carbocycles. The first-order valence-electron chi connectivity index (χ1n) is 38.4. The maximum absolute atomic E-state index is 12.7. The molecule has 5 aromatic heterocycles. The molecule has 18 heteroatoms. The molecule has 0 radical (unpaired) electrons. The van der Waals surface area contributed by atoms with Crippen LogP contribution in [0.2, 0.25) is 0 Å². The molecular weight excluding hydrogens is 1440 g/mol. The van der Waals surface area contributed by atoms with Crippen LogP contribution in [0, 0.1) is 54.3 Å². The van der Waals surface area contributed by atoms with Crippen molar-refractivity contribution in [2.45, 2.75) is 58.3 Å². The number of benzene rings is 9. The lowest BCUT2D eigenvalue weighted by molar-refractivity contribution is 0.0945. The first-order chi connectivity index (χ1) is 56.9. The highest BCUT2D eigenvalue weighted by Gasteiger charge is 2.15. The molecule has 116 heavy (non-hydrogen) atoms. The molecule has 0 unspecified atom stereocenters. The molecule has 14 rings (SSSR count). The van der Waals surface area contributed by atoms with E-state index in [9.17, 15) is 19.2 Å². The summed E-state index contributed by atoms with van der Waals surface area (Å²) >= 11 is 0. The fourth-order valence-corrected chi connectivity index (χ4v) is 12.0. The van der Waals surface area contributed by atoms with Crippen molar-refractivity contribution < 1.29 is 19.2 Å². The molecule has 0 spiro atoms. The Hall–Kier alpha value is -15.1. The molecule has 576 valence electrons. The van der Waals surface area contributed by atoms with Crippen molar-refractivity contribution in [3.8, 4) is 69.6 Å². The number of nitrogens with zero attached hydrogens (tertiary/aromatic N) is 6. The maximum Gasteiger partial charge on any atom is 0.251 e. The Balaban J connectivity index is 0.000000152. The summed E-state index contributed by atoms with van der Waals surface area (Å²) in [6.07, 6.45) is 25.2. The number of aromatic nitrogens is 9. The number of carbonyl (C=O) groups is 4. The van der Waals surface area contributed by atoms with Gasteiger partial charge in [0.15, 0.2) is 0 Å². The van der Waals surface area contributed by atoms with Crippen LogP contribution in [0.1, 0.15) is 139 Å². The number of aryl methyl sites for hydroxylation is 5. The van der Waals surface area contributed by atoms with E-state index in [0.29, 0.717) is 48.4 Å². The predicted octanol–water partition coefficient (Wildman–Crippen LogP) is 15.8. The summed E-state index contributed by atoms with van der Waals surface area (Å²) in [5, 5.41) is 38.8. The normalized spacial score (nSPS) is 10.1. The van der Waals surface area contributed by atoms with E-state index in [0.717, 1.165) is 152 Å². The highest BCUT2D eigenvalue weighted by molar-refractivity contribution is 5.97. The number of H-pyrrole nitrogens is 4. The van der Waals surface area contributed by atoms with Crippen LogP contribution in [0.5, 0.6) is 0 Å². The Morgan fingerprint density at radius 2 is 0.638 bits per heavy atom. The summed E-state index contributed by atoms with van der Waals surface area (Å²) < 4.78 is 0. The topological polar surface area (TPSA) is 247 Å². The van der Waals surface area contributed by atoms with E-state index in [1.807, 2.05) is 281 Å². The summed E-state index contributed by atoms with van der Waals surface area (Å²) in [7, 11) is 3.94. The van der Waals surface area contributed by atoms with Gasteiger partial charge in [0, 0.05) is 150 Å². The van der Waals surface area contributed by atoms with Crippen LogP contribution in [0.25, 0.3) is 22.3 Å². The number of amides is 4. The van der Waals surface area contributed by atoms with Gasteiger partial charge in [-0.15, -0.1) is 0 Å². The highest BCUT2D eigenvalue weighted by Crippen LogP contribution is 2.27. The third kappa shape index (κ3) is 26.6. The minimum absolute atomic E-state index is 0.0695. The molecule has 0 fully saturated rings. The van der Waals surface area contributed by atoms with Crippen LogP contribution < -0.4 is 26.2 Å². The van der Waals surface area contributed by atoms with E-state index in [-0.39, 0.29) is 23.6 Å². The molecule has 18 nitrogen and oxygen atoms in total. The summed E-state index contributed by atoms with van der Waals surface area (Å²) in [6, 6.07) is 75.9. The number of aromatic amines is 4. The molecule has 14 aromatic rings. The monoisotopic (exact) mass is 1530 g/mol. The zero-order valence-electron chi connectivity index (χ0n) is 65.1. The van der Waals surface area contributed by atoms with Gasteiger partial charge in [0.2, 0.25) is 0 Å². The molecule has 4 amide bonds. The third-order valence-electron chi connectivity index (χ3n) is 18.3. The summed E-state index contributed by atoms with van der Waals surface area (Å²) in [5.41, 5.74) is 20.2. The Kier molecular flexibility index (Phi) is 31.5. The van der Waals surface area contributed by atoms with E-state index in [4.69, 9.17) is 0 Å². The number of carbonyl (C=O) groups excluding carboxylic acids is 4. The van der Waals surface area contributed by atoms with Gasteiger partial charge in [0.1, 0.15) is 0 Å². The molecule has 0 aliphatic heterocycles. The van der Waals surface area contributed by atoms with Crippen molar-refractivity contribution in [1.82, 2.24) is 67.0 Å². The van der Waals surface area contributed by atoms with Crippen LogP contribution in [0.15, 0.2) is 299 Å². The van der Waals surface area contributed by atoms with Gasteiger partial charge < -0.3 is 26.2 Å². The molecule has 0 bridgehead atoms. The predicted molar refractivity (Wildman–Crippen MR) is 460 cm³/mol. The lowest BCUT2D eigenvalue weighted by Crippen LogP contribution is -2.25. The molecule has 0 atom stereocenters. The fourth-order valence-electron chi connectivity index (χ4n) is 12.0. The van der Waals surface area contributed by atoms with Gasteiger partial charge in [-0.05, 0) is 212 Å². The molecule has 9 aromatic carbocycles. The van der Waals surface area contributed by atoms with Gasteiger partial charge in [0.25, 0.3) is 23.6 Å². The van der Waals surface area contributed by atoms with E-state index in [2.05, 4.69) is 127 Å². The van der Waals surface area contributed by atoms with Crippen molar-refractivity contribution in [3.05, 3.63) is 393 Å². The average Bonchev–Trinajstić information content (AvgIpc) is 0.869. The van der Waals surface area contributed by atoms with Gasteiger partial charge >= 0.3 is 0 Å². The summed E-state index contributed by atoms with van der Waals surface area (Å²) in [6.45, 7) is 4.45. The van der Waals surface area contributed by atoms with Crippen LogP contribution >= 0.6 is 0 Å². The molecule has 0 saturated heterocycles. The van der Waals surface area contributed by atoms with Crippen LogP contribution in [-0.2, 0) is 25.7 Å². The molecular formula is C98H90N14O4. The van der Waals surface area contributed by atoms with Gasteiger partial charge in [-0.2, -0.15) is 20.4 Å². The second-order valence-corrected chi connectivity index (χ2v) is 27.1. The number of hydrogen-bond donors (Lipinski definition) is 8. The average molecular weight is 1530 g/mol. The SMILES string of the molecule is CN(C)c1ccc(C(=O)NCCCc2cn[nH]c2)cc1C#Cc1ccccc1.Cc1ccc(C(=O)NCCCc2cn[nH]c2)cc1C#Cc1ccccc1.O=C(NCCCc1cn[nH]c1)c1ccc(-c2ccccc2)c(C#Cc2ccccc2)c1.O=C(NCCCc1cn[nH]c1)c1ccc(-c2cccnc2)c(C#Cc2ccccc2)c1. The van der Waals surface area contributed by atoms with E-state index < -0.39 is 0 Å². The zero-order chi connectivity index (χ0) is 80.6. The second-order valence-electron chi connectivity index (χ2n) is 27.1. The summed E-state index contributed by atoms with van der Waals surface area (Å²) in [4.78, 5) is 56.5. The number of pyridine rings is 1. The first kappa shape index (κ1) is 81.9. The van der Waals surface area contributed by atoms with Gasteiger partial charge in [-0.3, -0.25) is 44.6 Å². The Bertz CT molecular complexity index is 5480. The van der Waals surface area contributed by atoms with E-state index >= 15 is 0 Å². The lowest BCUT2D eigenvalue weighted by atomic mass is 9.97. The largest absolute Gasteiger partial charge is 0.377 e. The minimum Gasteiger partial charge on any atom is -0.377 e. The highest BCUT2D eigenvalue weighted by atomic mass is 16.2. The quantitative estimate of drug-likeness (QED) is 0.0222. The Morgan fingerprint density at radius 3 is 0.983 bits per heavy atom. The van der Waals surface area contributed by atoms with Crippen molar-refractivity contribution in [2.75, 3.05) is 45.2 Å². The standard InChI is InChI=1S/C27H23N3O.C26H22N4O.C23H24N4O.C22H21N3O/c31-27(28-17-7-10-22-19-29-30-20-22)25-15-16-26(23-11-5-2-6-12-23)24(18-25)14-13-21-8-3-1-4-9-21;31-26(28-15-4-8-21-17-29-30-18-21)23-12-13-25(24-9-5-14-27-19-24)22(16-23)11-10-20-6-2-1-3-7-20;1-27(2)22-13-12-21(15-20(22)11-10-18-7-4-3-5-8-18)23(28)24-14-6-9-19-16-25-26-17-19;1-17-9-11-21(14-20(17)12-10-18-6-3-2-4-7-18)22(26)23-13-5-8-19-15-24-25-16-19/h1-6,8-9,11-12,15-16,18-20H,7,10,17H2,(H,28,31)(H,29,30);1-3,5-7,9,12-14,16-19H,4,8,15H2,(H,28,31)(H,29,30);3-5,7-8,12-13,15-17H,6,9,14H2,1-2H3,(H,24,28)(H,25,26);2-4,6-7,9,11,14-16H,5,8,13H2,1H3,(H,23,26)(H,24,25).